The van der Waals surface area contributed by atoms with Crippen molar-refractivity contribution in [3.05, 3.63) is 35.4 Å². The highest BCUT2D eigenvalue weighted by Crippen LogP contribution is 2.11. The van der Waals surface area contributed by atoms with E-state index in [1.165, 1.54) is 5.56 Å². The second-order valence-electron chi connectivity index (χ2n) is 5.82. The summed E-state index contributed by atoms with van der Waals surface area (Å²) in [6, 6.07) is 7.21. The fraction of sp³-hybridized carbons (Fsp3) is 0.562. The van der Waals surface area contributed by atoms with Crippen molar-refractivity contribution in [1.29, 1.82) is 0 Å². The molecule has 1 saturated heterocycles. The number of nitrogens with one attached hydrogen (secondary N) is 1. The number of piperazine rings is 1. The summed E-state index contributed by atoms with van der Waals surface area (Å²) in [7, 11) is 2.14. The third-order valence-corrected chi connectivity index (χ3v) is 4.04. The Morgan fingerprint density at radius 3 is 2.48 bits per heavy atom. The fourth-order valence-electron chi connectivity index (χ4n) is 2.44. The van der Waals surface area contributed by atoms with Gasteiger partial charge >= 0.3 is 0 Å². The molecule has 0 aromatic heterocycles. The first-order chi connectivity index (χ1) is 10.1. The molecule has 1 atom stereocenters. The van der Waals surface area contributed by atoms with Gasteiger partial charge in [0.25, 0.3) is 0 Å². The number of benzene rings is 1. The quantitative estimate of drug-likeness (QED) is 0.822. The molecule has 0 bridgehead atoms. The van der Waals surface area contributed by atoms with Crippen LogP contribution in [0.1, 0.15) is 17.2 Å². The molecule has 1 aliphatic heterocycles. The molecule has 0 radical (unpaired) electrons. The Morgan fingerprint density at radius 1 is 1.24 bits per heavy atom. The minimum absolute atomic E-state index is 0.104. The van der Waals surface area contributed by atoms with Crippen molar-refractivity contribution in [2.24, 2.45) is 5.73 Å². The smallest absolute Gasteiger partial charge is 0.241 e. The van der Waals surface area contributed by atoms with Gasteiger partial charge in [0.15, 0.2) is 0 Å². The summed E-state index contributed by atoms with van der Waals surface area (Å²) in [6.45, 7) is 7.88. The maximum absolute atomic E-state index is 12.1. The van der Waals surface area contributed by atoms with Crippen LogP contribution in [0.3, 0.4) is 0 Å². The Balaban J connectivity index is 1.72. The van der Waals surface area contributed by atoms with Crippen molar-refractivity contribution in [1.82, 2.24) is 15.1 Å². The van der Waals surface area contributed by atoms with E-state index in [-0.39, 0.29) is 5.91 Å². The van der Waals surface area contributed by atoms with E-state index in [1.54, 1.807) is 0 Å². The van der Waals surface area contributed by atoms with Gasteiger partial charge in [0.1, 0.15) is 6.04 Å². The summed E-state index contributed by atoms with van der Waals surface area (Å²) < 4.78 is 0. The van der Waals surface area contributed by atoms with E-state index in [4.69, 9.17) is 5.73 Å². The lowest BCUT2D eigenvalue weighted by Gasteiger charge is -2.32. The zero-order valence-electron chi connectivity index (χ0n) is 13.0. The van der Waals surface area contributed by atoms with Crippen molar-refractivity contribution in [2.75, 3.05) is 46.3 Å². The Bertz CT molecular complexity index is 452. The first-order valence-electron chi connectivity index (χ1n) is 7.57. The van der Waals surface area contributed by atoms with Crippen molar-refractivity contribution >= 4 is 5.91 Å². The third kappa shape index (κ3) is 4.81. The highest BCUT2D eigenvalue weighted by atomic mass is 16.2. The average Bonchev–Trinajstić information content (AvgIpc) is 2.49. The lowest BCUT2D eigenvalue weighted by Crippen LogP contribution is -2.47. The van der Waals surface area contributed by atoms with Crippen molar-refractivity contribution in [3.8, 4) is 0 Å². The van der Waals surface area contributed by atoms with Gasteiger partial charge in [0.2, 0.25) is 5.91 Å². The van der Waals surface area contributed by atoms with Gasteiger partial charge in [-0.2, -0.15) is 0 Å². The van der Waals surface area contributed by atoms with E-state index in [9.17, 15) is 4.79 Å². The number of carbonyl (C=O) groups excluding carboxylic acids is 1. The fourth-order valence-corrected chi connectivity index (χ4v) is 2.44. The molecule has 21 heavy (non-hydrogen) atoms. The van der Waals surface area contributed by atoms with E-state index in [1.807, 2.05) is 31.2 Å². The van der Waals surface area contributed by atoms with Crippen LogP contribution >= 0.6 is 0 Å². The summed E-state index contributed by atoms with van der Waals surface area (Å²) in [5.74, 6) is -0.104. The van der Waals surface area contributed by atoms with Crippen molar-refractivity contribution in [2.45, 2.75) is 13.0 Å². The predicted octanol–water partition coefficient (Wildman–Crippen LogP) is 0.358. The molecule has 5 nitrogen and oxygen atoms in total. The summed E-state index contributed by atoms with van der Waals surface area (Å²) >= 11 is 0. The molecule has 0 aliphatic carbocycles. The number of amides is 1. The van der Waals surface area contributed by atoms with Crippen LogP contribution in [-0.2, 0) is 4.79 Å². The van der Waals surface area contributed by atoms with E-state index < -0.39 is 6.04 Å². The first-order valence-corrected chi connectivity index (χ1v) is 7.57. The molecule has 0 saturated carbocycles. The standard InChI is InChI=1S/C16H26N4O/c1-13-3-5-14(6-4-13)15(17)16(21)18-7-8-20-11-9-19(2)10-12-20/h3-6,15H,7-12,17H2,1-2H3,(H,18,21). The number of hydrogen-bond donors (Lipinski definition) is 2. The summed E-state index contributed by atoms with van der Waals surface area (Å²) in [5.41, 5.74) is 8.02. The molecule has 1 aromatic carbocycles. The third-order valence-electron chi connectivity index (χ3n) is 4.04. The molecule has 1 fully saturated rings. The molecule has 1 heterocycles. The van der Waals surface area contributed by atoms with Gasteiger partial charge in [0, 0.05) is 39.3 Å². The number of aryl methyl sites for hydroxylation is 1. The molecule has 0 spiro atoms. The normalized spacial score (nSPS) is 18.4. The second-order valence-corrected chi connectivity index (χ2v) is 5.82. The van der Waals surface area contributed by atoms with Crippen LogP contribution in [0, 0.1) is 6.92 Å². The largest absolute Gasteiger partial charge is 0.353 e. The highest BCUT2D eigenvalue weighted by Gasteiger charge is 2.17. The monoisotopic (exact) mass is 290 g/mol. The number of hydrogen-bond acceptors (Lipinski definition) is 4. The summed E-state index contributed by atoms with van der Waals surface area (Å²) in [6.07, 6.45) is 0. The molecule has 2 rings (SSSR count). The van der Waals surface area contributed by atoms with Gasteiger partial charge in [0.05, 0.1) is 0 Å². The predicted molar refractivity (Wildman–Crippen MR) is 85.1 cm³/mol. The van der Waals surface area contributed by atoms with Gasteiger partial charge in [-0.1, -0.05) is 29.8 Å². The lowest BCUT2D eigenvalue weighted by atomic mass is 10.1. The Hall–Kier alpha value is -1.43. The molecular formula is C16H26N4O. The van der Waals surface area contributed by atoms with Crippen LogP contribution in [0.25, 0.3) is 0 Å². The number of rotatable bonds is 5. The van der Waals surface area contributed by atoms with Gasteiger partial charge in [-0.05, 0) is 19.5 Å². The molecule has 116 valence electrons. The number of nitrogens with two attached hydrogens (primary N) is 1. The minimum atomic E-state index is -0.585. The van der Waals surface area contributed by atoms with E-state index in [2.05, 4.69) is 22.2 Å². The number of likely N-dealkylation sites (N-methyl/N-ethyl adjacent to an activating group) is 1. The van der Waals surface area contributed by atoms with Crippen LogP contribution in [0.15, 0.2) is 24.3 Å². The van der Waals surface area contributed by atoms with Gasteiger partial charge in [-0.25, -0.2) is 0 Å². The molecule has 3 N–H and O–H groups in total. The number of nitrogens with zero attached hydrogens (tertiary/aromatic N) is 2. The maximum Gasteiger partial charge on any atom is 0.241 e. The van der Waals surface area contributed by atoms with Crippen molar-refractivity contribution in [3.63, 3.8) is 0 Å². The van der Waals surface area contributed by atoms with Crippen LogP contribution in [0.5, 0.6) is 0 Å². The zero-order valence-corrected chi connectivity index (χ0v) is 13.0. The Labute approximate surface area is 127 Å². The molecule has 1 aliphatic rings. The molecule has 1 unspecified atom stereocenters. The first kappa shape index (κ1) is 15.9. The highest BCUT2D eigenvalue weighted by molar-refractivity contribution is 5.82. The van der Waals surface area contributed by atoms with Crippen LogP contribution in [-0.4, -0.2) is 62.0 Å². The minimum Gasteiger partial charge on any atom is -0.353 e. The summed E-state index contributed by atoms with van der Waals surface area (Å²) in [5, 5.41) is 2.93. The average molecular weight is 290 g/mol. The van der Waals surface area contributed by atoms with E-state index in [0.29, 0.717) is 6.54 Å². The number of carbonyl (C=O) groups is 1. The lowest BCUT2D eigenvalue weighted by molar-refractivity contribution is -0.122. The molecular weight excluding hydrogens is 264 g/mol. The van der Waals surface area contributed by atoms with E-state index in [0.717, 1.165) is 38.3 Å². The van der Waals surface area contributed by atoms with Gasteiger partial charge < -0.3 is 16.0 Å². The van der Waals surface area contributed by atoms with Gasteiger partial charge in [-0.15, -0.1) is 0 Å². The molecule has 5 heteroatoms. The van der Waals surface area contributed by atoms with Crippen LogP contribution < -0.4 is 11.1 Å². The zero-order chi connectivity index (χ0) is 15.2. The Kier molecular flexibility index (Phi) is 5.73. The SMILES string of the molecule is Cc1ccc(C(N)C(=O)NCCN2CCN(C)CC2)cc1. The molecule has 1 aromatic rings. The molecule has 1 amide bonds. The Morgan fingerprint density at radius 2 is 1.86 bits per heavy atom. The summed E-state index contributed by atoms with van der Waals surface area (Å²) in [4.78, 5) is 16.8. The topological polar surface area (TPSA) is 61.6 Å². The van der Waals surface area contributed by atoms with E-state index >= 15 is 0 Å². The van der Waals surface area contributed by atoms with Crippen LogP contribution in [0.2, 0.25) is 0 Å². The van der Waals surface area contributed by atoms with Crippen LogP contribution in [0.4, 0.5) is 0 Å². The van der Waals surface area contributed by atoms with Gasteiger partial charge in [-0.3, -0.25) is 9.69 Å². The van der Waals surface area contributed by atoms with Crippen molar-refractivity contribution < 1.29 is 4.79 Å². The maximum atomic E-state index is 12.1. The second kappa shape index (κ2) is 7.54.